The highest BCUT2D eigenvalue weighted by Crippen LogP contribution is 2.56. The molecule has 1 unspecified atom stereocenters. The Bertz CT molecular complexity index is 851. The van der Waals surface area contributed by atoms with Crippen LogP contribution in [-0.2, 0) is 30.0 Å². The molecule has 2 aliphatic heterocycles. The summed E-state index contributed by atoms with van der Waals surface area (Å²) in [4.78, 5) is 0. The molecule has 0 saturated carbocycles. The molecule has 1 aromatic rings. The summed E-state index contributed by atoms with van der Waals surface area (Å²) in [5.74, 6) is -0.703. The average molecular weight is 475 g/mol. The molecular formula is C27H42O5Si. The van der Waals surface area contributed by atoms with Gasteiger partial charge in [-0.05, 0) is 56.8 Å². The van der Waals surface area contributed by atoms with Crippen molar-refractivity contribution in [2.75, 3.05) is 0 Å². The van der Waals surface area contributed by atoms with Gasteiger partial charge in [-0.2, -0.15) is 0 Å². The normalized spacial score (nSPS) is 32.9. The molecule has 0 radical (unpaired) electrons. The van der Waals surface area contributed by atoms with Gasteiger partial charge in [-0.3, -0.25) is 0 Å². The second-order valence-corrected chi connectivity index (χ2v) is 16.5. The topological polar surface area (TPSA) is 46.2 Å². The molecule has 0 bridgehead atoms. The Morgan fingerprint density at radius 1 is 1.00 bits per heavy atom. The Morgan fingerprint density at radius 3 is 2.21 bits per heavy atom. The molecule has 6 heteroatoms. The van der Waals surface area contributed by atoms with E-state index in [4.69, 9.17) is 23.4 Å². The molecule has 1 aliphatic carbocycles. The summed E-state index contributed by atoms with van der Waals surface area (Å²) >= 11 is 0. The van der Waals surface area contributed by atoms with E-state index in [0.717, 1.165) is 24.8 Å². The van der Waals surface area contributed by atoms with E-state index < -0.39 is 31.6 Å². The minimum absolute atomic E-state index is 0.0847. The van der Waals surface area contributed by atoms with Gasteiger partial charge in [0.05, 0.1) is 12.2 Å². The maximum atomic E-state index is 7.29. The summed E-state index contributed by atoms with van der Waals surface area (Å²) in [6.07, 6.45) is 5.76. The van der Waals surface area contributed by atoms with E-state index in [2.05, 4.69) is 65.1 Å². The molecule has 3 aliphatic rings. The molecule has 184 valence electrons. The van der Waals surface area contributed by atoms with Gasteiger partial charge in [0.2, 0.25) is 0 Å². The van der Waals surface area contributed by atoms with Crippen molar-refractivity contribution in [3.63, 3.8) is 0 Å². The van der Waals surface area contributed by atoms with Crippen LogP contribution in [0.3, 0.4) is 0 Å². The highest BCUT2D eigenvalue weighted by molar-refractivity contribution is 6.74. The van der Waals surface area contributed by atoms with Gasteiger partial charge in [0.15, 0.2) is 20.4 Å². The summed E-state index contributed by atoms with van der Waals surface area (Å²) in [5, 5.41) is 0.0847. The Hall–Kier alpha value is -1.02. The number of fused-ring (bicyclic) bond motifs is 1. The zero-order chi connectivity index (χ0) is 24.1. The van der Waals surface area contributed by atoms with Gasteiger partial charge >= 0.3 is 0 Å². The van der Waals surface area contributed by atoms with Gasteiger partial charge in [0.25, 0.3) is 0 Å². The first-order valence-corrected chi connectivity index (χ1v) is 15.3. The fraction of sp³-hybridized carbons (Fsp3) is 0.704. The maximum Gasteiger partial charge on any atom is 0.193 e. The first-order chi connectivity index (χ1) is 15.3. The van der Waals surface area contributed by atoms with Crippen molar-refractivity contribution in [2.45, 2.75) is 121 Å². The van der Waals surface area contributed by atoms with Crippen LogP contribution in [-0.4, -0.2) is 43.8 Å². The predicted molar refractivity (Wildman–Crippen MR) is 132 cm³/mol. The van der Waals surface area contributed by atoms with E-state index >= 15 is 0 Å². The summed E-state index contributed by atoms with van der Waals surface area (Å²) in [6, 6.07) is 10.3. The van der Waals surface area contributed by atoms with E-state index in [1.165, 1.54) is 0 Å². The van der Waals surface area contributed by atoms with Crippen molar-refractivity contribution in [1.29, 1.82) is 0 Å². The zero-order valence-corrected chi connectivity index (χ0v) is 22.6. The highest BCUT2D eigenvalue weighted by Gasteiger charge is 2.70. The van der Waals surface area contributed by atoms with Crippen LogP contribution in [0.4, 0.5) is 0 Å². The van der Waals surface area contributed by atoms with Crippen molar-refractivity contribution in [3.05, 3.63) is 48.0 Å². The molecule has 0 amide bonds. The lowest BCUT2D eigenvalue weighted by atomic mass is 9.74. The van der Waals surface area contributed by atoms with Crippen LogP contribution >= 0.6 is 0 Å². The molecule has 0 spiro atoms. The Labute approximate surface area is 200 Å². The molecule has 4 rings (SSSR count). The Kier molecular flexibility index (Phi) is 6.52. The molecule has 2 fully saturated rings. The molecule has 2 saturated heterocycles. The van der Waals surface area contributed by atoms with E-state index in [-0.39, 0.29) is 17.2 Å². The lowest BCUT2D eigenvalue weighted by molar-refractivity contribution is -0.281. The third-order valence-electron chi connectivity index (χ3n) is 8.06. The second-order valence-electron chi connectivity index (χ2n) is 11.8. The summed E-state index contributed by atoms with van der Waals surface area (Å²) in [5.41, 5.74) is -0.0482. The van der Waals surface area contributed by atoms with Crippen molar-refractivity contribution < 1.29 is 23.4 Å². The fourth-order valence-electron chi connectivity index (χ4n) is 5.34. The lowest BCUT2D eigenvalue weighted by Gasteiger charge is -2.53. The molecule has 2 heterocycles. The third kappa shape index (κ3) is 4.39. The first kappa shape index (κ1) is 25.1. The van der Waals surface area contributed by atoms with Crippen molar-refractivity contribution >= 4 is 8.32 Å². The summed E-state index contributed by atoms with van der Waals surface area (Å²) < 4.78 is 33.5. The van der Waals surface area contributed by atoms with Crippen LogP contribution in [0.15, 0.2) is 42.5 Å². The highest BCUT2D eigenvalue weighted by atomic mass is 28.4. The van der Waals surface area contributed by atoms with Gasteiger partial charge in [-0.25, -0.2) is 0 Å². The molecule has 0 N–H and O–H groups in total. The SMILES string of the molecule is CC[C@@]1(C2(O[Si](C)(C)C(C)(C)C)CC=CC2)O[C@@H]2OC(C)(C)O[C@H]2C1OCc1ccccc1. The average Bonchev–Trinajstić information content (AvgIpc) is 3.38. The molecular weight excluding hydrogens is 432 g/mol. The van der Waals surface area contributed by atoms with Crippen LogP contribution in [0.5, 0.6) is 0 Å². The molecule has 4 atom stereocenters. The monoisotopic (exact) mass is 474 g/mol. The molecule has 0 aromatic heterocycles. The van der Waals surface area contributed by atoms with Crippen molar-refractivity contribution in [1.82, 2.24) is 0 Å². The van der Waals surface area contributed by atoms with Crippen LogP contribution < -0.4 is 0 Å². The van der Waals surface area contributed by atoms with E-state index in [9.17, 15) is 0 Å². The van der Waals surface area contributed by atoms with Crippen LogP contribution in [0.2, 0.25) is 18.1 Å². The minimum Gasteiger partial charge on any atom is -0.408 e. The lowest BCUT2D eigenvalue weighted by Crippen LogP contribution is -2.66. The number of hydrogen-bond acceptors (Lipinski definition) is 5. The number of benzene rings is 1. The van der Waals surface area contributed by atoms with Gasteiger partial charge in [-0.15, -0.1) is 0 Å². The first-order valence-electron chi connectivity index (χ1n) is 12.4. The maximum absolute atomic E-state index is 7.29. The third-order valence-corrected chi connectivity index (χ3v) is 12.6. The number of ether oxygens (including phenoxy) is 4. The smallest absolute Gasteiger partial charge is 0.193 e. The predicted octanol–water partition coefficient (Wildman–Crippen LogP) is 6.34. The molecule has 33 heavy (non-hydrogen) atoms. The van der Waals surface area contributed by atoms with Crippen molar-refractivity contribution in [3.8, 4) is 0 Å². The molecule has 5 nitrogen and oxygen atoms in total. The Balaban J connectivity index is 1.72. The summed E-state index contributed by atoms with van der Waals surface area (Å²) in [7, 11) is -2.11. The summed E-state index contributed by atoms with van der Waals surface area (Å²) in [6.45, 7) is 18.1. The zero-order valence-electron chi connectivity index (χ0n) is 21.6. The molecule has 1 aromatic carbocycles. The number of hydrogen-bond donors (Lipinski definition) is 0. The van der Waals surface area contributed by atoms with Crippen LogP contribution in [0.25, 0.3) is 0 Å². The quantitative estimate of drug-likeness (QED) is 0.341. The standard InChI is InChI=1S/C27H42O5Si/c1-9-27(26(17-13-14-18-26)32-33(7,8)24(2,3)4)22(28-19-20-15-11-10-12-16-20)21-23(31-27)30-25(5,6)29-21/h10-16,21-23H,9,17-19H2,1-8H3/t21-,22?,23-,27+/m0/s1. The minimum atomic E-state index is -2.11. The van der Waals surface area contributed by atoms with E-state index in [1.54, 1.807) is 0 Å². The second kappa shape index (κ2) is 8.57. The van der Waals surface area contributed by atoms with E-state index in [1.807, 2.05) is 32.0 Å². The van der Waals surface area contributed by atoms with E-state index in [0.29, 0.717) is 6.61 Å². The largest absolute Gasteiger partial charge is 0.408 e. The van der Waals surface area contributed by atoms with Gasteiger partial charge < -0.3 is 23.4 Å². The number of rotatable bonds is 7. The van der Waals surface area contributed by atoms with Crippen molar-refractivity contribution in [2.24, 2.45) is 0 Å². The van der Waals surface area contributed by atoms with Gasteiger partial charge in [0.1, 0.15) is 17.8 Å². The van der Waals surface area contributed by atoms with Gasteiger partial charge in [-0.1, -0.05) is 70.2 Å². The van der Waals surface area contributed by atoms with Gasteiger partial charge in [0, 0.05) is 0 Å². The van der Waals surface area contributed by atoms with Crippen LogP contribution in [0, 0.1) is 0 Å². The fourth-order valence-corrected chi connectivity index (χ4v) is 6.97. The van der Waals surface area contributed by atoms with Crippen LogP contribution in [0.1, 0.15) is 66.4 Å². The Morgan fingerprint density at radius 2 is 1.64 bits per heavy atom.